The van der Waals surface area contributed by atoms with Crippen LogP contribution in [-0.2, 0) is 9.59 Å². The van der Waals surface area contributed by atoms with E-state index in [9.17, 15) is 19.8 Å². The third-order valence-electron chi connectivity index (χ3n) is 4.68. The van der Waals surface area contributed by atoms with Crippen molar-refractivity contribution in [2.45, 2.75) is 37.7 Å². The number of nitrogens with one attached hydrogen (secondary N) is 1. The molecule has 0 fully saturated rings. The molecule has 2 aromatic rings. The highest BCUT2D eigenvalue weighted by Crippen LogP contribution is 2.35. The lowest BCUT2D eigenvalue weighted by Crippen LogP contribution is -2.47. The molecule has 0 spiro atoms. The number of primary amides is 1. The lowest BCUT2D eigenvalue weighted by atomic mass is 9.91. The predicted octanol–water partition coefficient (Wildman–Crippen LogP) is 1.39. The summed E-state index contributed by atoms with van der Waals surface area (Å²) in [6.45, 7) is 1.47. The van der Waals surface area contributed by atoms with Crippen LogP contribution in [0, 0.1) is 0 Å². The highest BCUT2D eigenvalue weighted by Gasteiger charge is 2.35. The topological polar surface area (TPSA) is 122 Å². The Morgan fingerprint density at radius 3 is 2.68 bits per heavy atom. The van der Waals surface area contributed by atoms with Gasteiger partial charge in [0.15, 0.2) is 0 Å². The van der Waals surface area contributed by atoms with Gasteiger partial charge in [-0.15, -0.1) is 0 Å². The maximum Gasteiger partial charge on any atom is 0.247 e. The molecule has 0 radical (unpaired) electrons. The fourth-order valence-electron chi connectivity index (χ4n) is 3.01. The molecule has 3 rings (SSSR count). The second kappa shape index (κ2) is 8.30. The van der Waals surface area contributed by atoms with E-state index < -0.39 is 36.2 Å². The van der Waals surface area contributed by atoms with Gasteiger partial charge in [0.2, 0.25) is 11.8 Å². The van der Waals surface area contributed by atoms with E-state index in [2.05, 4.69) is 21.2 Å². The molecular weight excluding hydrogens is 428 g/mol. The van der Waals surface area contributed by atoms with Crippen LogP contribution in [0.15, 0.2) is 52.5 Å². The zero-order valence-electron chi connectivity index (χ0n) is 15.1. The van der Waals surface area contributed by atoms with Crippen LogP contribution in [0.1, 0.15) is 13.3 Å². The van der Waals surface area contributed by atoms with Gasteiger partial charge in [0.25, 0.3) is 0 Å². The van der Waals surface area contributed by atoms with E-state index >= 15 is 0 Å². The molecule has 5 N–H and O–H groups in total. The molecule has 0 saturated carbocycles. The van der Waals surface area contributed by atoms with Crippen LogP contribution >= 0.6 is 15.9 Å². The molecule has 0 bridgehead atoms. The number of rotatable bonds is 5. The molecule has 8 heteroatoms. The van der Waals surface area contributed by atoms with Gasteiger partial charge < -0.3 is 26.0 Å². The van der Waals surface area contributed by atoms with E-state index in [-0.39, 0.29) is 12.0 Å². The fraction of sp³-hybridized carbons (Fsp3) is 0.300. The number of amides is 2. The van der Waals surface area contributed by atoms with E-state index in [1.165, 1.54) is 13.0 Å². The highest BCUT2D eigenvalue weighted by atomic mass is 79.9. The maximum atomic E-state index is 12.4. The first-order valence-corrected chi connectivity index (χ1v) is 9.58. The molecule has 4 unspecified atom stereocenters. The monoisotopic (exact) mass is 448 g/mol. The number of ether oxygens (including phenoxy) is 1. The Bertz CT molecular complexity index is 945. The first kappa shape index (κ1) is 20.3. The van der Waals surface area contributed by atoms with Crippen molar-refractivity contribution < 1.29 is 24.5 Å². The summed E-state index contributed by atoms with van der Waals surface area (Å²) >= 11 is 3.52. The van der Waals surface area contributed by atoms with Crippen molar-refractivity contribution in [1.29, 1.82) is 0 Å². The fourth-order valence-corrected chi connectivity index (χ4v) is 3.60. The summed E-state index contributed by atoms with van der Waals surface area (Å²) in [4.78, 5) is 23.5. The van der Waals surface area contributed by atoms with Crippen LogP contribution in [0.25, 0.3) is 10.8 Å². The van der Waals surface area contributed by atoms with Gasteiger partial charge in [-0.2, -0.15) is 0 Å². The number of hydrogen-bond donors (Lipinski definition) is 4. The van der Waals surface area contributed by atoms with E-state index in [0.29, 0.717) is 10.2 Å². The van der Waals surface area contributed by atoms with Crippen LogP contribution < -0.4 is 15.8 Å². The highest BCUT2D eigenvalue weighted by molar-refractivity contribution is 9.10. The minimum Gasteiger partial charge on any atom is -0.482 e. The summed E-state index contributed by atoms with van der Waals surface area (Å²) in [6.07, 6.45) is -1.92. The molecule has 2 aromatic carbocycles. The Labute approximate surface area is 170 Å². The normalized spacial score (nSPS) is 23.0. The van der Waals surface area contributed by atoms with Gasteiger partial charge in [0, 0.05) is 12.0 Å². The molecule has 2 amide bonds. The standard InChI is InChI=1S/C20H21BrN2O5/c1-10(19(22)26)23-20(27)12-8-14(24)18(25)16(9-12)28-15-7-6-11-4-2-3-5-13(11)17(15)21/h2-7,9-10,14,16,18,24-25H,8H2,1H3,(H2,22,26)(H,23,27). The van der Waals surface area contributed by atoms with E-state index in [1.807, 2.05) is 30.3 Å². The van der Waals surface area contributed by atoms with E-state index in [4.69, 9.17) is 10.5 Å². The number of carbonyl (C=O) groups excluding carboxylic acids is 2. The van der Waals surface area contributed by atoms with Gasteiger partial charge >= 0.3 is 0 Å². The van der Waals surface area contributed by atoms with E-state index in [0.717, 1.165) is 10.8 Å². The quantitative estimate of drug-likeness (QED) is 0.550. The summed E-state index contributed by atoms with van der Waals surface area (Å²) in [5.74, 6) is -0.736. The van der Waals surface area contributed by atoms with Crippen LogP contribution in [-0.4, -0.2) is 46.4 Å². The molecule has 28 heavy (non-hydrogen) atoms. The van der Waals surface area contributed by atoms with Crippen molar-refractivity contribution in [3.63, 3.8) is 0 Å². The first-order valence-electron chi connectivity index (χ1n) is 8.79. The minimum atomic E-state index is -1.21. The van der Waals surface area contributed by atoms with Gasteiger partial charge in [-0.25, -0.2) is 0 Å². The van der Waals surface area contributed by atoms with Crippen molar-refractivity contribution in [2.24, 2.45) is 5.73 Å². The average molecular weight is 449 g/mol. The average Bonchev–Trinajstić information content (AvgIpc) is 2.67. The van der Waals surface area contributed by atoms with Gasteiger partial charge in [0.1, 0.15) is 24.0 Å². The zero-order chi connectivity index (χ0) is 20.4. The number of benzene rings is 2. The number of carbonyl (C=O) groups is 2. The first-order chi connectivity index (χ1) is 13.3. The lowest BCUT2D eigenvalue weighted by molar-refractivity contribution is -0.125. The summed E-state index contributed by atoms with van der Waals surface area (Å²) in [6, 6.07) is 10.5. The molecule has 4 atom stereocenters. The van der Waals surface area contributed by atoms with Gasteiger partial charge in [-0.05, 0) is 45.8 Å². The number of aliphatic hydroxyl groups is 2. The van der Waals surface area contributed by atoms with E-state index in [1.54, 1.807) is 6.07 Å². The van der Waals surface area contributed by atoms with Crippen molar-refractivity contribution in [1.82, 2.24) is 5.32 Å². The van der Waals surface area contributed by atoms with Crippen molar-refractivity contribution >= 4 is 38.5 Å². The Kier molecular flexibility index (Phi) is 6.02. The Balaban J connectivity index is 1.86. The van der Waals surface area contributed by atoms with Crippen molar-refractivity contribution in [3.8, 4) is 5.75 Å². The summed E-state index contributed by atoms with van der Waals surface area (Å²) in [5.41, 5.74) is 5.38. The Morgan fingerprint density at radius 2 is 1.96 bits per heavy atom. The summed E-state index contributed by atoms with van der Waals surface area (Å²) in [7, 11) is 0. The smallest absolute Gasteiger partial charge is 0.247 e. The molecule has 0 saturated heterocycles. The molecule has 148 valence electrons. The minimum absolute atomic E-state index is 0.0583. The number of fused-ring (bicyclic) bond motifs is 1. The molecule has 0 heterocycles. The van der Waals surface area contributed by atoms with Crippen LogP contribution in [0.3, 0.4) is 0 Å². The second-order valence-electron chi connectivity index (χ2n) is 6.73. The third-order valence-corrected chi connectivity index (χ3v) is 5.50. The van der Waals surface area contributed by atoms with Crippen LogP contribution in [0.2, 0.25) is 0 Å². The number of aliphatic hydroxyl groups excluding tert-OH is 2. The summed E-state index contributed by atoms with van der Waals surface area (Å²) in [5, 5.41) is 24.9. The molecule has 1 aliphatic rings. The van der Waals surface area contributed by atoms with Crippen molar-refractivity contribution in [3.05, 3.63) is 52.5 Å². The zero-order valence-corrected chi connectivity index (χ0v) is 16.7. The Morgan fingerprint density at radius 1 is 1.25 bits per heavy atom. The van der Waals surface area contributed by atoms with Gasteiger partial charge in [-0.3, -0.25) is 9.59 Å². The lowest BCUT2D eigenvalue weighted by Gasteiger charge is -2.31. The number of hydrogen-bond acceptors (Lipinski definition) is 5. The largest absolute Gasteiger partial charge is 0.482 e. The SMILES string of the molecule is CC(NC(=O)C1=CC(Oc2ccc3ccccc3c2Br)C(O)C(O)C1)C(N)=O. The van der Waals surface area contributed by atoms with Gasteiger partial charge in [-0.1, -0.05) is 30.3 Å². The second-order valence-corrected chi connectivity index (χ2v) is 7.53. The molecule has 1 aliphatic carbocycles. The van der Waals surface area contributed by atoms with Crippen LogP contribution in [0.4, 0.5) is 0 Å². The van der Waals surface area contributed by atoms with Crippen LogP contribution in [0.5, 0.6) is 5.75 Å². The number of nitrogens with two attached hydrogens (primary N) is 1. The maximum absolute atomic E-state index is 12.4. The molecule has 0 aliphatic heterocycles. The number of halogens is 1. The summed E-state index contributed by atoms with van der Waals surface area (Å²) < 4.78 is 6.61. The third kappa shape index (κ3) is 4.19. The molecular formula is C20H21BrN2O5. The van der Waals surface area contributed by atoms with Crippen molar-refractivity contribution in [2.75, 3.05) is 0 Å². The predicted molar refractivity (Wildman–Crippen MR) is 108 cm³/mol. The molecule has 7 nitrogen and oxygen atoms in total. The van der Waals surface area contributed by atoms with Gasteiger partial charge in [0.05, 0.1) is 10.6 Å². The molecule has 0 aromatic heterocycles. The Hall–Kier alpha value is -2.42.